The van der Waals surface area contributed by atoms with Crippen molar-refractivity contribution >= 4 is 11.8 Å². The van der Waals surface area contributed by atoms with Crippen LogP contribution in [0.4, 0.5) is 13.2 Å². The van der Waals surface area contributed by atoms with Gasteiger partial charge < -0.3 is 10.4 Å². The molecular formula is C20H29F3N2O4. The van der Waals surface area contributed by atoms with Crippen LogP contribution in [0.25, 0.3) is 0 Å². The Morgan fingerprint density at radius 3 is 2.07 bits per heavy atom. The van der Waals surface area contributed by atoms with Crippen molar-refractivity contribution < 1.29 is 33.1 Å². The molecule has 0 saturated carbocycles. The van der Waals surface area contributed by atoms with E-state index in [1.165, 1.54) is 7.05 Å². The van der Waals surface area contributed by atoms with E-state index in [1.807, 2.05) is 18.2 Å². The van der Waals surface area contributed by atoms with Gasteiger partial charge in [0.25, 0.3) is 5.91 Å². The minimum absolute atomic E-state index is 0.190. The van der Waals surface area contributed by atoms with E-state index in [9.17, 15) is 27.9 Å². The zero-order chi connectivity index (χ0) is 22.5. The molecule has 3 atom stereocenters. The smallest absolute Gasteiger partial charge is 0.372 e. The summed E-state index contributed by atoms with van der Waals surface area (Å²) in [7, 11) is 1.28. The molecule has 0 aliphatic rings. The van der Waals surface area contributed by atoms with Gasteiger partial charge in [0.2, 0.25) is 11.5 Å². The van der Waals surface area contributed by atoms with Crippen molar-refractivity contribution in [2.45, 2.75) is 51.8 Å². The minimum Gasteiger partial charge on any atom is -0.372 e. The Morgan fingerprint density at radius 2 is 1.66 bits per heavy atom. The molecule has 4 N–H and O–H groups in total. The third-order valence-electron chi connectivity index (χ3n) is 5.10. The summed E-state index contributed by atoms with van der Waals surface area (Å²) in [6, 6.07) is 9.01. The number of hydrogen-bond donors (Lipinski definition) is 4. The lowest BCUT2D eigenvalue weighted by Gasteiger charge is -2.43. The molecule has 0 heterocycles. The van der Waals surface area contributed by atoms with Crippen LogP contribution in [0.15, 0.2) is 30.3 Å². The average Bonchev–Trinajstić information content (AvgIpc) is 2.64. The van der Waals surface area contributed by atoms with Gasteiger partial charge in [0.05, 0.1) is 0 Å². The van der Waals surface area contributed by atoms with Crippen molar-refractivity contribution in [2.75, 3.05) is 7.05 Å². The van der Waals surface area contributed by atoms with Crippen LogP contribution in [-0.4, -0.2) is 41.0 Å². The van der Waals surface area contributed by atoms with Crippen molar-refractivity contribution in [1.82, 2.24) is 10.8 Å². The molecule has 164 valence electrons. The van der Waals surface area contributed by atoms with E-state index in [1.54, 1.807) is 32.9 Å². The fourth-order valence-corrected chi connectivity index (χ4v) is 3.72. The SMILES string of the molecule is CNC(=O)[C@@H]([C@@H](CCCc1ccccc1)[C@@](O)(C(=O)NO)C(F)(F)F)C(C)(C)C. The Bertz CT molecular complexity index is 689. The molecule has 1 rings (SSSR count). The van der Waals surface area contributed by atoms with Gasteiger partial charge in [0.15, 0.2) is 0 Å². The van der Waals surface area contributed by atoms with Crippen molar-refractivity contribution in [2.24, 2.45) is 17.3 Å². The second kappa shape index (κ2) is 9.58. The summed E-state index contributed by atoms with van der Waals surface area (Å²) in [5.41, 5.74) is -3.15. The molecule has 0 aromatic heterocycles. The molecule has 0 unspecified atom stereocenters. The van der Waals surface area contributed by atoms with Gasteiger partial charge in [-0.05, 0) is 30.2 Å². The number of alkyl halides is 3. The molecule has 1 aromatic rings. The van der Waals surface area contributed by atoms with E-state index in [-0.39, 0.29) is 12.8 Å². The normalized spacial score (nSPS) is 16.4. The predicted molar refractivity (Wildman–Crippen MR) is 101 cm³/mol. The standard InChI is InChI=1S/C20H29F3N2O4/c1-18(2,3)15(16(26)24-4)14(12-8-11-13-9-6-5-7-10-13)19(28,17(27)25-29)20(21,22)23/h5-7,9-10,14-15,28-29H,8,11-12H2,1-4H3,(H,24,26)(H,25,27)/t14-,15-,19-/m1/s1. The quantitative estimate of drug-likeness (QED) is 0.385. The number of aryl methyl sites for hydroxylation is 1. The van der Waals surface area contributed by atoms with Crippen LogP contribution in [0.3, 0.4) is 0 Å². The monoisotopic (exact) mass is 418 g/mol. The van der Waals surface area contributed by atoms with Crippen LogP contribution < -0.4 is 10.8 Å². The Kier molecular flexibility index (Phi) is 8.23. The van der Waals surface area contributed by atoms with Gasteiger partial charge >= 0.3 is 6.18 Å². The van der Waals surface area contributed by atoms with Gasteiger partial charge in [-0.25, -0.2) is 5.48 Å². The number of amides is 2. The van der Waals surface area contributed by atoms with E-state index in [2.05, 4.69) is 5.32 Å². The number of hydroxylamine groups is 1. The summed E-state index contributed by atoms with van der Waals surface area (Å²) in [5.74, 6) is -5.91. The first kappa shape index (κ1) is 24.9. The highest BCUT2D eigenvalue weighted by Gasteiger charge is 2.66. The van der Waals surface area contributed by atoms with E-state index in [0.717, 1.165) is 11.0 Å². The van der Waals surface area contributed by atoms with Crippen LogP contribution in [0.1, 0.15) is 39.2 Å². The largest absolute Gasteiger partial charge is 0.426 e. The number of benzene rings is 1. The number of carbonyl (C=O) groups is 2. The molecule has 0 fully saturated rings. The summed E-state index contributed by atoms with van der Waals surface area (Å²) in [6.45, 7) is 4.68. The summed E-state index contributed by atoms with van der Waals surface area (Å²) < 4.78 is 41.7. The summed E-state index contributed by atoms with van der Waals surface area (Å²) >= 11 is 0. The molecule has 9 heteroatoms. The molecule has 0 aliphatic heterocycles. The number of nitrogens with one attached hydrogen (secondary N) is 2. The fraction of sp³-hybridized carbons (Fsp3) is 0.600. The molecule has 2 amide bonds. The van der Waals surface area contributed by atoms with Gasteiger partial charge in [-0.1, -0.05) is 51.1 Å². The summed E-state index contributed by atoms with van der Waals surface area (Å²) in [4.78, 5) is 24.6. The molecule has 1 aromatic carbocycles. The van der Waals surface area contributed by atoms with Crippen LogP contribution in [-0.2, 0) is 16.0 Å². The molecule has 0 saturated heterocycles. The van der Waals surface area contributed by atoms with Crippen LogP contribution in [0.5, 0.6) is 0 Å². The van der Waals surface area contributed by atoms with Crippen molar-refractivity contribution in [3.63, 3.8) is 0 Å². The molecule has 0 bridgehead atoms. The molecule has 0 spiro atoms. The lowest BCUT2D eigenvalue weighted by Crippen LogP contribution is -2.65. The average molecular weight is 418 g/mol. The maximum atomic E-state index is 13.9. The summed E-state index contributed by atoms with van der Waals surface area (Å²) in [5, 5.41) is 21.8. The first-order valence-corrected chi connectivity index (χ1v) is 9.29. The van der Waals surface area contributed by atoms with Crippen molar-refractivity contribution in [3.05, 3.63) is 35.9 Å². The van der Waals surface area contributed by atoms with E-state index in [4.69, 9.17) is 5.21 Å². The third-order valence-corrected chi connectivity index (χ3v) is 5.10. The lowest BCUT2D eigenvalue weighted by molar-refractivity contribution is -0.279. The lowest BCUT2D eigenvalue weighted by atomic mass is 9.64. The number of hydrogen-bond acceptors (Lipinski definition) is 4. The Balaban J connectivity index is 3.41. The highest BCUT2D eigenvalue weighted by molar-refractivity contribution is 5.87. The first-order chi connectivity index (χ1) is 13.3. The van der Waals surface area contributed by atoms with E-state index in [0.29, 0.717) is 6.42 Å². The zero-order valence-electron chi connectivity index (χ0n) is 17.0. The van der Waals surface area contributed by atoms with Gasteiger partial charge in [0.1, 0.15) is 0 Å². The Hall–Kier alpha value is -2.13. The number of aliphatic hydroxyl groups is 1. The highest BCUT2D eigenvalue weighted by atomic mass is 19.4. The maximum Gasteiger partial charge on any atom is 0.426 e. The van der Waals surface area contributed by atoms with Crippen molar-refractivity contribution in [1.29, 1.82) is 0 Å². The fourth-order valence-electron chi connectivity index (χ4n) is 3.72. The second-order valence-electron chi connectivity index (χ2n) is 8.15. The zero-order valence-corrected chi connectivity index (χ0v) is 17.0. The molecule has 0 aliphatic carbocycles. The molecule has 0 radical (unpaired) electrons. The van der Waals surface area contributed by atoms with E-state index >= 15 is 0 Å². The topological polar surface area (TPSA) is 98.7 Å². The maximum absolute atomic E-state index is 13.9. The highest BCUT2D eigenvalue weighted by Crippen LogP contribution is 2.47. The Labute approximate surface area is 168 Å². The molecule has 29 heavy (non-hydrogen) atoms. The van der Waals surface area contributed by atoms with Gasteiger partial charge in [0, 0.05) is 18.9 Å². The first-order valence-electron chi connectivity index (χ1n) is 9.29. The van der Waals surface area contributed by atoms with E-state index < -0.39 is 40.8 Å². The van der Waals surface area contributed by atoms with Gasteiger partial charge in [-0.15, -0.1) is 0 Å². The predicted octanol–water partition coefficient (Wildman–Crippen LogP) is 2.83. The second-order valence-corrected chi connectivity index (χ2v) is 8.15. The van der Waals surface area contributed by atoms with Gasteiger partial charge in [-0.2, -0.15) is 13.2 Å². The molecular weight excluding hydrogens is 389 g/mol. The number of carbonyl (C=O) groups excluding carboxylic acids is 2. The number of rotatable bonds is 8. The Morgan fingerprint density at radius 1 is 1.10 bits per heavy atom. The van der Waals surface area contributed by atoms with Crippen LogP contribution in [0, 0.1) is 17.3 Å². The molecule has 6 nitrogen and oxygen atoms in total. The van der Waals surface area contributed by atoms with Crippen LogP contribution >= 0.6 is 0 Å². The third kappa shape index (κ3) is 5.70. The summed E-state index contributed by atoms with van der Waals surface area (Å²) in [6.07, 6.45) is -5.09. The van der Waals surface area contributed by atoms with Crippen molar-refractivity contribution in [3.8, 4) is 0 Å². The van der Waals surface area contributed by atoms with Gasteiger partial charge in [-0.3, -0.25) is 14.8 Å². The van der Waals surface area contributed by atoms with Crippen LogP contribution in [0.2, 0.25) is 0 Å². The minimum atomic E-state index is -5.41. The number of halogens is 3.